The van der Waals surface area contributed by atoms with Gasteiger partial charge in [0.05, 0.1) is 11.6 Å². The van der Waals surface area contributed by atoms with E-state index in [0.717, 1.165) is 31.6 Å². The molecule has 2 rings (SSSR count). The van der Waals surface area contributed by atoms with E-state index >= 15 is 0 Å². The van der Waals surface area contributed by atoms with Crippen molar-refractivity contribution in [3.8, 4) is 6.07 Å². The van der Waals surface area contributed by atoms with E-state index in [9.17, 15) is 0 Å². The highest BCUT2D eigenvalue weighted by molar-refractivity contribution is 5.39. The molecule has 2 nitrogen and oxygen atoms in total. The molecule has 1 heterocycles. The van der Waals surface area contributed by atoms with Gasteiger partial charge in [-0.05, 0) is 48.9 Å². The highest BCUT2D eigenvalue weighted by Gasteiger charge is 2.17. The Balaban J connectivity index is 2.24. The zero-order valence-corrected chi connectivity index (χ0v) is 8.99. The summed E-state index contributed by atoms with van der Waals surface area (Å²) in [5.74, 6) is 0.617. The third-order valence-corrected chi connectivity index (χ3v) is 3.06. The van der Waals surface area contributed by atoms with Gasteiger partial charge in [-0.15, -0.1) is 0 Å². The van der Waals surface area contributed by atoms with Crippen molar-refractivity contribution in [2.75, 3.05) is 13.2 Å². The fourth-order valence-electron chi connectivity index (χ4n) is 2.21. The molecule has 1 aliphatic heterocycles. The minimum Gasteiger partial charge on any atom is -0.381 e. The molecule has 15 heavy (non-hydrogen) atoms. The molecule has 1 aromatic rings. The summed E-state index contributed by atoms with van der Waals surface area (Å²) < 4.78 is 5.35. The Labute approximate surface area is 90.5 Å². The largest absolute Gasteiger partial charge is 0.381 e. The van der Waals surface area contributed by atoms with Crippen LogP contribution in [0.2, 0.25) is 0 Å². The van der Waals surface area contributed by atoms with Gasteiger partial charge in [0.25, 0.3) is 0 Å². The summed E-state index contributed by atoms with van der Waals surface area (Å²) >= 11 is 0. The van der Waals surface area contributed by atoms with Gasteiger partial charge < -0.3 is 4.74 Å². The maximum Gasteiger partial charge on any atom is 0.0991 e. The SMILES string of the molecule is Cc1cc(C#N)ccc1C1CCOCC1. The molecule has 0 amide bonds. The first-order chi connectivity index (χ1) is 7.31. The standard InChI is InChI=1S/C13H15NO/c1-10-8-11(9-14)2-3-13(10)12-4-6-15-7-5-12/h2-3,8,12H,4-7H2,1H3. The monoisotopic (exact) mass is 201 g/mol. The van der Waals surface area contributed by atoms with Gasteiger partial charge in [-0.2, -0.15) is 5.26 Å². The van der Waals surface area contributed by atoms with E-state index in [-0.39, 0.29) is 0 Å². The Morgan fingerprint density at radius 2 is 2.07 bits per heavy atom. The van der Waals surface area contributed by atoms with Crippen molar-refractivity contribution >= 4 is 0 Å². The van der Waals surface area contributed by atoms with Crippen molar-refractivity contribution in [3.63, 3.8) is 0 Å². The molecule has 0 aromatic heterocycles. The number of ether oxygens (including phenoxy) is 1. The van der Waals surface area contributed by atoms with Crippen LogP contribution in [-0.2, 0) is 4.74 Å². The lowest BCUT2D eigenvalue weighted by molar-refractivity contribution is 0.0852. The number of benzene rings is 1. The van der Waals surface area contributed by atoms with Crippen molar-refractivity contribution in [2.24, 2.45) is 0 Å². The number of rotatable bonds is 1. The number of hydrogen-bond donors (Lipinski definition) is 0. The molecule has 0 N–H and O–H groups in total. The highest BCUT2D eigenvalue weighted by Crippen LogP contribution is 2.29. The zero-order chi connectivity index (χ0) is 10.7. The fraction of sp³-hybridized carbons (Fsp3) is 0.462. The number of nitrogens with zero attached hydrogens (tertiary/aromatic N) is 1. The first-order valence-corrected chi connectivity index (χ1v) is 5.39. The summed E-state index contributed by atoms with van der Waals surface area (Å²) in [6.45, 7) is 3.82. The zero-order valence-electron chi connectivity index (χ0n) is 8.99. The van der Waals surface area contributed by atoms with Crippen molar-refractivity contribution in [1.82, 2.24) is 0 Å². The Bertz CT molecular complexity index is 386. The van der Waals surface area contributed by atoms with Crippen LogP contribution >= 0.6 is 0 Å². The molecule has 1 fully saturated rings. The number of hydrogen-bond acceptors (Lipinski definition) is 2. The maximum absolute atomic E-state index is 8.79. The topological polar surface area (TPSA) is 33.0 Å². The first kappa shape index (κ1) is 10.2. The minimum atomic E-state index is 0.617. The Hall–Kier alpha value is -1.33. The van der Waals surface area contributed by atoms with E-state index in [1.165, 1.54) is 11.1 Å². The van der Waals surface area contributed by atoms with Gasteiger partial charge in [0, 0.05) is 13.2 Å². The van der Waals surface area contributed by atoms with Crippen LogP contribution in [0, 0.1) is 18.3 Å². The smallest absolute Gasteiger partial charge is 0.0991 e. The summed E-state index contributed by atoms with van der Waals surface area (Å²) in [6.07, 6.45) is 2.21. The van der Waals surface area contributed by atoms with E-state index in [1.54, 1.807) is 0 Å². The third kappa shape index (κ3) is 2.19. The normalized spacial score (nSPS) is 17.3. The van der Waals surface area contributed by atoms with E-state index in [0.29, 0.717) is 5.92 Å². The van der Waals surface area contributed by atoms with Crippen molar-refractivity contribution in [1.29, 1.82) is 5.26 Å². The molecule has 78 valence electrons. The molecule has 0 bridgehead atoms. The van der Waals surface area contributed by atoms with Crippen LogP contribution in [-0.4, -0.2) is 13.2 Å². The van der Waals surface area contributed by atoms with Gasteiger partial charge in [0.2, 0.25) is 0 Å². The van der Waals surface area contributed by atoms with E-state index in [4.69, 9.17) is 10.00 Å². The van der Waals surface area contributed by atoms with E-state index in [1.807, 2.05) is 12.1 Å². The first-order valence-electron chi connectivity index (χ1n) is 5.39. The van der Waals surface area contributed by atoms with E-state index < -0.39 is 0 Å². The van der Waals surface area contributed by atoms with Gasteiger partial charge in [-0.3, -0.25) is 0 Å². The lowest BCUT2D eigenvalue weighted by Gasteiger charge is -2.23. The molecule has 0 unspecified atom stereocenters. The molecule has 1 aliphatic rings. The molecule has 0 spiro atoms. The van der Waals surface area contributed by atoms with Gasteiger partial charge in [0.1, 0.15) is 0 Å². The Morgan fingerprint density at radius 1 is 1.33 bits per heavy atom. The lowest BCUT2D eigenvalue weighted by Crippen LogP contribution is -2.14. The molecule has 1 aromatic carbocycles. The highest BCUT2D eigenvalue weighted by atomic mass is 16.5. The second-order valence-corrected chi connectivity index (χ2v) is 4.07. The van der Waals surface area contributed by atoms with Crippen LogP contribution < -0.4 is 0 Å². The van der Waals surface area contributed by atoms with Gasteiger partial charge in [-0.25, -0.2) is 0 Å². The Kier molecular flexibility index (Phi) is 3.03. The van der Waals surface area contributed by atoms with Crippen LogP contribution in [0.4, 0.5) is 0 Å². The maximum atomic E-state index is 8.79. The van der Waals surface area contributed by atoms with E-state index in [2.05, 4.69) is 19.1 Å². The summed E-state index contributed by atoms with van der Waals surface area (Å²) in [7, 11) is 0. The molecular weight excluding hydrogens is 186 g/mol. The fourth-order valence-corrected chi connectivity index (χ4v) is 2.21. The van der Waals surface area contributed by atoms with Crippen LogP contribution in [0.25, 0.3) is 0 Å². The summed E-state index contributed by atoms with van der Waals surface area (Å²) in [5, 5.41) is 8.79. The predicted molar refractivity (Wildman–Crippen MR) is 58.7 cm³/mol. The molecule has 0 atom stereocenters. The van der Waals surface area contributed by atoms with Gasteiger partial charge >= 0.3 is 0 Å². The molecule has 0 saturated carbocycles. The van der Waals surface area contributed by atoms with Crippen molar-refractivity contribution in [3.05, 3.63) is 34.9 Å². The molecule has 1 saturated heterocycles. The molecule has 2 heteroatoms. The van der Waals surface area contributed by atoms with Crippen LogP contribution in [0.5, 0.6) is 0 Å². The molecular formula is C13H15NO. The summed E-state index contributed by atoms with van der Waals surface area (Å²) in [4.78, 5) is 0. The summed E-state index contributed by atoms with van der Waals surface area (Å²) in [5.41, 5.74) is 3.38. The third-order valence-electron chi connectivity index (χ3n) is 3.06. The summed E-state index contributed by atoms with van der Waals surface area (Å²) in [6, 6.07) is 8.17. The second-order valence-electron chi connectivity index (χ2n) is 4.07. The van der Waals surface area contributed by atoms with Crippen molar-refractivity contribution in [2.45, 2.75) is 25.7 Å². The number of aryl methyl sites for hydroxylation is 1. The van der Waals surface area contributed by atoms with Crippen molar-refractivity contribution < 1.29 is 4.74 Å². The van der Waals surface area contributed by atoms with Crippen LogP contribution in [0.15, 0.2) is 18.2 Å². The molecule has 0 aliphatic carbocycles. The van der Waals surface area contributed by atoms with Gasteiger partial charge in [-0.1, -0.05) is 6.07 Å². The van der Waals surface area contributed by atoms with Crippen LogP contribution in [0.1, 0.15) is 35.4 Å². The predicted octanol–water partition coefficient (Wildman–Crippen LogP) is 2.76. The number of nitriles is 1. The Morgan fingerprint density at radius 3 is 2.67 bits per heavy atom. The van der Waals surface area contributed by atoms with Gasteiger partial charge in [0.15, 0.2) is 0 Å². The average Bonchev–Trinajstić information content (AvgIpc) is 2.30. The second kappa shape index (κ2) is 4.46. The minimum absolute atomic E-state index is 0.617. The quantitative estimate of drug-likeness (QED) is 0.700. The molecule has 0 radical (unpaired) electrons. The average molecular weight is 201 g/mol. The lowest BCUT2D eigenvalue weighted by atomic mass is 9.88. The van der Waals surface area contributed by atoms with Crippen LogP contribution in [0.3, 0.4) is 0 Å².